The highest BCUT2D eigenvalue weighted by molar-refractivity contribution is 7.15. The zero-order chi connectivity index (χ0) is 17.5. The maximum atomic E-state index is 4.39. The van der Waals surface area contributed by atoms with Crippen LogP contribution >= 0.6 is 11.3 Å². The molecule has 0 saturated carbocycles. The molecule has 0 radical (unpaired) electrons. The fourth-order valence-corrected chi connectivity index (χ4v) is 4.04. The van der Waals surface area contributed by atoms with Crippen molar-refractivity contribution in [1.29, 1.82) is 0 Å². The summed E-state index contributed by atoms with van der Waals surface area (Å²) in [4.78, 5) is 14.2. The summed E-state index contributed by atoms with van der Waals surface area (Å²) in [6, 6.07) is 14.9. The van der Waals surface area contributed by atoms with Crippen LogP contribution in [0.3, 0.4) is 0 Å². The van der Waals surface area contributed by atoms with E-state index in [2.05, 4.69) is 68.5 Å². The molecule has 0 spiro atoms. The van der Waals surface area contributed by atoms with Gasteiger partial charge in [-0.2, -0.15) is 5.10 Å². The zero-order valence-corrected chi connectivity index (χ0v) is 14.8. The summed E-state index contributed by atoms with van der Waals surface area (Å²) in [5.41, 5.74) is 6.03. The number of fused-ring (bicyclic) bond motifs is 1. The molecule has 0 atom stereocenters. The monoisotopic (exact) mass is 357 g/mol. The van der Waals surface area contributed by atoms with Crippen LogP contribution in [0, 0.1) is 6.92 Å². The minimum atomic E-state index is 0.827. The Morgan fingerprint density at radius 2 is 1.85 bits per heavy atom. The van der Waals surface area contributed by atoms with Gasteiger partial charge in [0.05, 0.1) is 17.1 Å². The number of benzene rings is 1. The van der Waals surface area contributed by atoms with E-state index in [0.29, 0.717) is 0 Å². The van der Waals surface area contributed by atoms with E-state index in [1.807, 2.05) is 17.4 Å². The maximum absolute atomic E-state index is 4.39. The van der Waals surface area contributed by atoms with E-state index in [0.717, 1.165) is 28.2 Å². The van der Waals surface area contributed by atoms with Gasteiger partial charge in [-0.05, 0) is 37.3 Å². The van der Waals surface area contributed by atoms with Crippen LogP contribution in [0.4, 0.5) is 0 Å². The Morgan fingerprint density at radius 1 is 0.962 bits per heavy atom. The van der Waals surface area contributed by atoms with E-state index in [4.69, 9.17) is 0 Å². The molecule has 26 heavy (non-hydrogen) atoms. The Kier molecular flexibility index (Phi) is 3.43. The van der Waals surface area contributed by atoms with Crippen LogP contribution in [0.1, 0.15) is 4.88 Å². The fraction of sp³-hybridized carbons (Fsp3) is 0.0500. The van der Waals surface area contributed by atoms with Crippen molar-refractivity contribution in [3.8, 4) is 33.1 Å². The third-order valence-electron chi connectivity index (χ3n) is 4.39. The van der Waals surface area contributed by atoms with Gasteiger partial charge in [0.2, 0.25) is 0 Å². The SMILES string of the molecule is Cc1ccc(-c2cccc3[nH]c(-c4cc(-c5cncnc5)n[nH]4)cc23)s1. The van der Waals surface area contributed by atoms with Crippen molar-refractivity contribution in [1.82, 2.24) is 25.1 Å². The molecule has 5 aromatic rings. The van der Waals surface area contributed by atoms with Crippen molar-refractivity contribution >= 4 is 22.2 Å². The van der Waals surface area contributed by atoms with Crippen LogP contribution in [0.25, 0.3) is 44.0 Å². The van der Waals surface area contributed by atoms with E-state index < -0.39 is 0 Å². The van der Waals surface area contributed by atoms with E-state index in [9.17, 15) is 0 Å². The lowest BCUT2D eigenvalue weighted by molar-refractivity contribution is 1.08. The van der Waals surface area contributed by atoms with Crippen LogP contribution in [-0.2, 0) is 0 Å². The molecular formula is C20H15N5S. The summed E-state index contributed by atoms with van der Waals surface area (Å²) in [5, 5.41) is 8.72. The number of thiophene rings is 1. The third kappa shape index (κ3) is 2.51. The number of aryl methyl sites for hydroxylation is 1. The molecule has 4 heterocycles. The first-order valence-electron chi connectivity index (χ1n) is 8.28. The predicted octanol–water partition coefficient (Wildman–Crippen LogP) is 5.05. The van der Waals surface area contributed by atoms with Gasteiger partial charge in [0, 0.05) is 44.2 Å². The molecule has 0 aliphatic carbocycles. The van der Waals surface area contributed by atoms with Gasteiger partial charge >= 0.3 is 0 Å². The van der Waals surface area contributed by atoms with Gasteiger partial charge < -0.3 is 4.98 Å². The Balaban J connectivity index is 1.60. The summed E-state index contributed by atoms with van der Waals surface area (Å²) in [5.74, 6) is 0. The lowest BCUT2D eigenvalue weighted by Gasteiger charge is -1.99. The number of H-pyrrole nitrogens is 2. The molecule has 2 N–H and O–H groups in total. The number of rotatable bonds is 3. The van der Waals surface area contributed by atoms with E-state index in [1.165, 1.54) is 27.0 Å². The highest BCUT2D eigenvalue weighted by Gasteiger charge is 2.12. The van der Waals surface area contributed by atoms with Gasteiger partial charge in [0.1, 0.15) is 6.33 Å². The average molecular weight is 357 g/mol. The number of aromatic nitrogens is 5. The smallest absolute Gasteiger partial charge is 0.115 e. The van der Waals surface area contributed by atoms with Gasteiger partial charge in [0.15, 0.2) is 0 Å². The second kappa shape index (κ2) is 5.93. The van der Waals surface area contributed by atoms with Gasteiger partial charge in [-0.3, -0.25) is 5.10 Å². The minimum Gasteiger partial charge on any atom is -0.353 e. The molecule has 0 saturated heterocycles. The average Bonchev–Trinajstić information content (AvgIpc) is 3.40. The molecule has 0 amide bonds. The molecule has 0 unspecified atom stereocenters. The van der Waals surface area contributed by atoms with Gasteiger partial charge in [-0.1, -0.05) is 12.1 Å². The first kappa shape index (κ1) is 15.0. The quantitative estimate of drug-likeness (QED) is 0.474. The lowest BCUT2D eigenvalue weighted by atomic mass is 10.1. The molecule has 0 bridgehead atoms. The molecule has 0 aliphatic heterocycles. The van der Waals surface area contributed by atoms with Crippen molar-refractivity contribution in [3.63, 3.8) is 0 Å². The second-order valence-corrected chi connectivity index (χ2v) is 7.44. The number of aromatic amines is 2. The van der Waals surface area contributed by atoms with Crippen molar-refractivity contribution < 1.29 is 0 Å². The highest BCUT2D eigenvalue weighted by atomic mass is 32.1. The highest BCUT2D eigenvalue weighted by Crippen LogP contribution is 2.35. The normalized spacial score (nSPS) is 11.3. The fourth-order valence-electron chi connectivity index (χ4n) is 3.13. The van der Waals surface area contributed by atoms with E-state index >= 15 is 0 Å². The van der Waals surface area contributed by atoms with Crippen LogP contribution in [0.5, 0.6) is 0 Å². The first-order chi connectivity index (χ1) is 12.8. The predicted molar refractivity (Wildman–Crippen MR) is 105 cm³/mol. The van der Waals surface area contributed by atoms with Crippen LogP contribution in [-0.4, -0.2) is 25.1 Å². The van der Waals surface area contributed by atoms with Crippen LogP contribution in [0.2, 0.25) is 0 Å². The Morgan fingerprint density at radius 3 is 2.65 bits per heavy atom. The molecule has 126 valence electrons. The van der Waals surface area contributed by atoms with Gasteiger partial charge in [-0.15, -0.1) is 11.3 Å². The molecule has 1 aromatic carbocycles. The van der Waals surface area contributed by atoms with Gasteiger partial charge in [0.25, 0.3) is 0 Å². The standard InChI is InChI=1S/C20H15N5S/c1-12-5-6-20(26-12)14-3-2-4-16-15(14)7-18(23-16)19-8-17(24-25-19)13-9-21-11-22-10-13/h2-11,23H,1H3,(H,24,25). The summed E-state index contributed by atoms with van der Waals surface area (Å²) >= 11 is 1.81. The summed E-state index contributed by atoms with van der Waals surface area (Å²) in [6.07, 6.45) is 5.04. The lowest BCUT2D eigenvalue weighted by Crippen LogP contribution is -1.81. The first-order valence-corrected chi connectivity index (χ1v) is 9.09. The second-order valence-electron chi connectivity index (χ2n) is 6.15. The summed E-state index contributed by atoms with van der Waals surface area (Å²) in [7, 11) is 0. The van der Waals surface area contributed by atoms with Crippen molar-refractivity contribution in [3.05, 3.63) is 66.1 Å². The number of hydrogen-bond donors (Lipinski definition) is 2. The van der Waals surface area contributed by atoms with E-state index in [-0.39, 0.29) is 0 Å². The van der Waals surface area contributed by atoms with Crippen molar-refractivity contribution in [2.75, 3.05) is 0 Å². The van der Waals surface area contributed by atoms with E-state index in [1.54, 1.807) is 12.4 Å². The third-order valence-corrected chi connectivity index (χ3v) is 5.43. The zero-order valence-electron chi connectivity index (χ0n) is 14.0. The largest absolute Gasteiger partial charge is 0.353 e. The Hall–Kier alpha value is -3.25. The summed E-state index contributed by atoms with van der Waals surface area (Å²) < 4.78 is 0. The topological polar surface area (TPSA) is 70.2 Å². The molecule has 6 heteroatoms. The number of hydrogen-bond acceptors (Lipinski definition) is 4. The molecular weight excluding hydrogens is 342 g/mol. The molecule has 0 aliphatic rings. The van der Waals surface area contributed by atoms with Crippen LogP contribution < -0.4 is 0 Å². The van der Waals surface area contributed by atoms with Gasteiger partial charge in [-0.25, -0.2) is 9.97 Å². The molecule has 5 rings (SSSR count). The Labute approximate surface area is 153 Å². The van der Waals surface area contributed by atoms with Crippen LogP contribution in [0.15, 0.2) is 61.2 Å². The Bertz CT molecular complexity index is 1200. The molecule has 4 aromatic heterocycles. The maximum Gasteiger partial charge on any atom is 0.115 e. The number of nitrogens with one attached hydrogen (secondary N) is 2. The molecule has 5 nitrogen and oxygen atoms in total. The molecule has 0 fully saturated rings. The minimum absolute atomic E-state index is 0.827. The van der Waals surface area contributed by atoms with Crippen molar-refractivity contribution in [2.45, 2.75) is 6.92 Å². The summed E-state index contributed by atoms with van der Waals surface area (Å²) in [6.45, 7) is 2.14. The van der Waals surface area contributed by atoms with Crippen molar-refractivity contribution in [2.24, 2.45) is 0 Å². The number of nitrogens with zero attached hydrogens (tertiary/aromatic N) is 3.